The normalized spacial score (nSPS) is 36.9. The van der Waals surface area contributed by atoms with Crippen LogP contribution in [-0.4, -0.2) is 30.4 Å². The Morgan fingerprint density at radius 2 is 1.83 bits per heavy atom. The molecule has 5 nitrogen and oxygen atoms in total. The minimum absolute atomic E-state index is 0.0120. The van der Waals surface area contributed by atoms with Gasteiger partial charge in [-0.15, -0.1) is 0 Å². The van der Waals surface area contributed by atoms with Crippen molar-refractivity contribution in [3.63, 3.8) is 0 Å². The van der Waals surface area contributed by atoms with Crippen molar-refractivity contribution in [3.05, 3.63) is 34.9 Å². The zero-order valence-corrected chi connectivity index (χ0v) is 18.5. The van der Waals surface area contributed by atoms with Crippen LogP contribution in [0.25, 0.3) is 0 Å². The molecule has 4 aliphatic rings. The first-order valence-electron chi connectivity index (χ1n) is 11.1. The number of allylic oxidation sites excluding steroid dienone is 5. The fourth-order valence-electron chi connectivity index (χ4n) is 6.48. The number of carbonyl (C=O) groups is 3. The third-order valence-electron chi connectivity index (χ3n) is 8.09. The monoisotopic (exact) mass is 412 g/mol. The molecule has 5 atom stereocenters. The predicted octanol–water partition coefficient (Wildman–Crippen LogP) is 4.47. The van der Waals surface area contributed by atoms with Crippen molar-refractivity contribution in [2.75, 3.05) is 6.61 Å². The van der Waals surface area contributed by atoms with Crippen molar-refractivity contribution in [2.24, 2.45) is 22.7 Å². The Morgan fingerprint density at radius 1 is 1.07 bits per heavy atom. The Morgan fingerprint density at radius 3 is 2.53 bits per heavy atom. The summed E-state index contributed by atoms with van der Waals surface area (Å²) in [5.74, 6) is -0.283. The topological polar surface area (TPSA) is 69.7 Å². The fourth-order valence-corrected chi connectivity index (χ4v) is 6.48. The molecule has 0 saturated heterocycles. The maximum absolute atomic E-state index is 12.8. The van der Waals surface area contributed by atoms with Crippen LogP contribution in [0, 0.1) is 22.7 Å². The van der Waals surface area contributed by atoms with E-state index in [4.69, 9.17) is 9.47 Å². The van der Waals surface area contributed by atoms with Crippen LogP contribution >= 0.6 is 0 Å². The van der Waals surface area contributed by atoms with Crippen LogP contribution < -0.4 is 0 Å². The molecule has 0 aromatic carbocycles. The molecule has 0 heterocycles. The number of esters is 2. The standard InChI is InChI=1S/C25H32O5/c1-15(26)29-14-23(28)22-8-7-20-19-6-5-17-13-18(30-16(2)27)9-11-24(17,3)21(19)10-12-25(20,22)4/h5-6,10,18,20,22H,7-9,11-14H2,1-4H3/t18-,20-,22+,24+,25-/m1/s1. The first kappa shape index (κ1) is 21.1. The highest BCUT2D eigenvalue weighted by atomic mass is 16.5. The summed E-state index contributed by atoms with van der Waals surface area (Å²) >= 11 is 0. The van der Waals surface area contributed by atoms with E-state index >= 15 is 0 Å². The number of carbonyl (C=O) groups excluding carboxylic acids is 3. The van der Waals surface area contributed by atoms with Gasteiger partial charge in [0.25, 0.3) is 0 Å². The summed E-state index contributed by atoms with van der Waals surface area (Å²) in [6.45, 7) is 7.26. The van der Waals surface area contributed by atoms with E-state index in [2.05, 4.69) is 32.1 Å². The Kier molecular flexibility index (Phi) is 5.27. The molecule has 0 spiro atoms. The molecule has 4 aliphatic carbocycles. The van der Waals surface area contributed by atoms with Crippen molar-refractivity contribution in [1.82, 2.24) is 0 Å². The van der Waals surface area contributed by atoms with Crippen molar-refractivity contribution in [2.45, 2.75) is 72.3 Å². The molecule has 162 valence electrons. The molecule has 0 amide bonds. The van der Waals surface area contributed by atoms with E-state index in [1.54, 1.807) is 0 Å². The molecule has 0 radical (unpaired) electrons. The van der Waals surface area contributed by atoms with E-state index in [9.17, 15) is 14.4 Å². The van der Waals surface area contributed by atoms with E-state index in [1.165, 1.54) is 30.6 Å². The van der Waals surface area contributed by atoms with Gasteiger partial charge in [0.05, 0.1) is 0 Å². The summed E-state index contributed by atoms with van der Waals surface area (Å²) in [6.07, 6.45) is 12.2. The molecule has 5 heteroatoms. The lowest BCUT2D eigenvalue weighted by atomic mass is 9.55. The van der Waals surface area contributed by atoms with Gasteiger partial charge in [0.15, 0.2) is 5.78 Å². The van der Waals surface area contributed by atoms with Gasteiger partial charge >= 0.3 is 11.9 Å². The molecular formula is C25H32O5. The van der Waals surface area contributed by atoms with Gasteiger partial charge in [0.2, 0.25) is 0 Å². The number of ketones is 1. The summed E-state index contributed by atoms with van der Waals surface area (Å²) in [6, 6.07) is 0. The molecular weight excluding hydrogens is 380 g/mol. The van der Waals surface area contributed by atoms with Gasteiger partial charge in [-0.2, -0.15) is 0 Å². The number of Topliss-reactive ketones (excluding diaryl/α,β-unsaturated/α-hetero) is 1. The van der Waals surface area contributed by atoms with E-state index in [1.807, 2.05) is 0 Å². The second-order valence-corrected chi connectivity index (χ2v) is 9.88. The van der Waals surface area contributed by atoms with E-state index in [0.29, 0.717) is 5.92 Å². The van der Waals surface area contributed by atoms with Crippen LogP contribution in [-0.2, 0) is 23.9 Å². The lowest BCUT2D eigenvalue weighted by molar-refractivity contribution is -0.148. The lowest BCUT2D eigenvalue weighted by Crippen LogP contribution is -2.42. The van der Waals surface area contributed by atoms with E-state index in [0.717, 1.165) is 38.5 Å². The average molecular weight is 413 g/mol. The molecule has 2 fully saturated rings. The van der Waals surface area contributed by atoms with Crippen LogP contribution in [0.2, 0.25) is 0 Å². The smallest absolute Gasteiger partial charge is 0.303 e. The van der Waals surface area contributed by atoms with Crippen LogP contribution in [0.4, 0.5) is 0 Å². The van der Waals surface area contributed by atoms with Crippen molar-refractivity contribution in [1.29, 1.82) is 0 Å². The van der Waals surface area contributed by atoms with Crippen molar-refractivity contribution in [3.8, 4) is 0 Å². The highest BCUT2D eigenvalue weighted by Gasteiger charge is 2.55. The Labute approximate surface area is 178 Å². The second kappa shape index (κ2) is 7.51. The molecule has 0 aliphatic heterocycles. The molecule has 2 saturated carbocycles. The van der Waals surface area contributed by atoms with E-state index in [-0.39, 0.29) is 41.2 Å². The Bertz CT molecular complexity index is 878. The van der Waals surface area contributed by atoms with Crippen LogP contribution in [0.3, 0.4) is 0 Å². The maximum atomic E-state index is 12.8. The van der Waals surface area contributed by atoms with Gasteiger partial charge in [0.1, 0.15) is 12.7 Å². The van der Waals surface area contributed by atoms with Gasteiger partial charge in [-0.25, -0.2) is 0 Å². The molecule has 0 bridgehead atoms. The minimum atomic E-state index is -0.404. The molecule has 0 aromatic heterocycles. The maximum Gasteiger partial charge on any atom is 0.303 e. The number of rotatable bonds is 4. The van der Waals surface area contributed by atoms with Gasteiger partial charge in [-0.1, -0.05) is 37.6 Å². The largest absolute Gasteiger partial charge is 0.462 e. The van der Waals surface area contributed by atoms with Crippen molar-refractivity contribution < 1.29 is 23.9 Å². The van der Waals surface area contributed by atoms with Crippen LogP contribution in [0.1, 0.15) is 66.2 Å². The number of hydrogen-bond acceptors (Lipinski definition) is 5. The van der Waals surface area contributed by atoms with Crippen molar-refractivity contribution >= 4 is 17.7 Å². The molecule has 0 N–H and O–H groups in total. The summed E-state index contributed by atoms with van der Waals surface area (Å²) in [4.78, 5) is 35.3. The summed E-state index contributed by atoms with van der Waals surface area (Å²) in [5.41, 5.74) is 4.00. The quantitative estimate of drug-likeness (QED) is 0.637. The fraction of sp³-hybridized carbons (Fsp3) is 0.640. The minimum Gasteiger partial charge on any atom is -0.462 e. The SMILES string of the molecule is CC(=O)OCC(=O)[C@@H]1CC[C@@H]2C3=CC=C4C[C@H](OC(C)=O)CC[C@]4(C)C3=CC[C@]21C. The van der Waals surface area contributed by atoms with Crippen LogP contribution in [0.15, 0.2) is 34.9 Å². The summed E-state index contributed by atoms with van der Waals surface area (Å²) in [5, 5.41) is 0. The third kappa shape index (κ3) is 3.36. The van der Waals surface area contributed by atoms with Gasteiger partial charge < -0.3 is 9.47 Å². The first-order valence-corrected chi connectivity index (χ1v) is 11.1. The van der Waals surface area contributed by atoms with Crippen LogP contribution in [0.5, 0.6) is 0 Å². The number of ether oxygens (including phenoxy) is 2. The zero-order valence-electron chi connectivity index (χ0n) is 18.5. The lowest BCUT2D eigenvalue weighted by Gasteiger charge is -2.50. The highest BCUT2D eigenvalue weighted by molar-refractivity contribution is 5.85. The summed E-state index contributed by atoms with van der Waals surface area (Å²) in [7, 11) is 0. The van der Waals surface area contributed by atoms with Gasteiger partial charge in [-0.3, -0.25) is 14.4 Å². The zero-order chi connectivity index (χ0) is 21.7. The molecule has 0 unspecified atom stereocenters. The van der Waals surface area contributed by atoms with Gasteiger partial charge in [-0.05, 0) is 54.6 Å². The molecule has 4 rings (SSSR count). The third-order valence-corrected chi connectivity index (χ3v) is 8.09. The number of fused-ring (bicyclic) bond motifs is 5. The summed E-state index contributed by atoms with van der Waals surface area (Å²) < 4.78 is 10.5. The predicted molar refractivity (Wildman–Crippen MR) is 112 cm³/mol. The molecule has 30 heavy (non-hydrogen) atoms. The first-order chi connectivity index (χ1) is 14.1. The number of hydrogen-bond donors (Lipinski definition) is 0. The Balaban J connectivity index is 1.59. The van der Waals surface area contributed by atoms with E-state index < -0.39 is 5.97 Å². The second-order valence-electron chi connectivity index (χ2n) is 9.88. The Hall–Kier alpha value is -2.17. The average Bonchev–Trinajstić information content (AvgIpc) is 3.03. The highest BCUT2D eigenvalue weighted by Crippen LogP contribution is 2.62. The molecule has 0 aromatic rings. The van der Waals surface area contributed by atoms with Gasteiger partial charge in [0, 0.05) is 31.6 Å².